The molecule has 94 valence electrons. The highest BCUT2D eigenvalue weighted by atomic mass is 16.5. The standard InChI is InChI=1S/C13H21N3O/c1-5-7-8-9-17-13-10(3)12(14-6-2)15-11(4)16-13/h5H,1,6-9H2,2-4H3,(H,14,15,16). The first-order valence-corrected chi connectivity index (χ1v) is 6.01. The summed E-state index contributed by atoms with van der Waals surface area (Å²) in [5, 5.41) is 3.21. The molecule has 0 unspecified atom stereocenters. The summed E-state index contributed by atoms with van der Waals surface area (Å²) in [6, 6.07) is 0. The molecular weight excluding hydrogens is 214 g/mol. The van der Waals surface area contributed by atoms with Crippen molar-refractivity contribution in [2.75, 3.05) is 18.5 Å². The third-order valence-corrected chi connectivity index (χ3v) is 2.35. The van der Waals surface area contributed by atoms with Crippen molar-refractivity contribution in [1.29, 1.82) is 0 Å². The van der Waals surface area contributed by atoms with E-state index in [9.17, 15) is 0 Å². The number of aryl methyl sites for hydroxylation is 1. The van der Waals surface area contributed by atoms with Crippen LogP contribution in [0.4, 0.5) is 5.82 Å². The number of anilines is 1. The number of ether oxygens (including phenoxy) is 1. The maximum atomic E-state index is 5.67. The summed E-state index contributed by atoms with van der Waals surface area (Å²) in [5.74, 6) is 2.27. The maximum absolute atomic E-state index is 5.67. The van der Waals surface area contributed by atoms with Crippen molar-refractivity contribution in [2.24, 2.45) is 0 Å². The summed E-state index contributed by atoms with van der Waals surface area (Å²) in [5.41, 5.74) is 0.969. The molecule has 0 aromatic carbocycles. The molecule has 0 amide bonds. The Labute approximate surface area is 103 Å². The van der Waals surface area contributed by atoms with E-state index < -0.39 is 0 Å². The molecule has 1 N–H and O–H groups in total. The smallest absolute Gasteiger partial charge is 0.221 e. The molecule has 0 aliphatic rings. The molecule has 0 spiro atoms. The summed E-state index contributed by atoms with van der Waals surface area (Å²) in [6.07, 6.45) is 3.82. The molecule has 0 fully saturated rings. The van der Waals surface area contributed by atoms with E-state index in [0.717, 1.165) is 36.6 Å². The minimum absolute atomic E-state index is 0.662. The monoisotopic (exact) mass is 235 g/mol. The second-order valence-corrected chi connectivity index (χ2v) is 3.86. The molecule has 0 radical (unpaired) electrons. The third-order valence-electron chi connectivity index (χ3n) is 2.35. The summed E-state index contributed by atoms with van der Waals surface area (Å²) in [4.78, 5) is 8.66. The fourth-order valence-corrected chi connectivity index (χ4v) is 1.48. The Balaban J connectivity index is 2.72. The van der Waals surface area contributed by atoms with Gasteiger partial charge in [0.25, 0.3) is 0 Å². The van der Waals surface area contributed by atoms with Gasteiger partial charge in [-0.3, -0.25) is 0 Å². The third kappa shape index (κ3) is 4.06. The Kier molecular flexibility index (Phi) is 5.46. The van der Waals surface area contributed by atoms with Crippen molar-refractivity contribution in [3.63, 3.8) is 0 Å². The van der Waals surface area contributed by atoms with Gasteiger partial charge in [-0.1, -0.05) is 6.08 Å². The Bertz CT molecular complexity index is 377. The van der Waals surface area contributed by atoms with Crippen molar-refractivity contribution < 1.29 is 4.74 Å². The second-order valence-electron chi connectivity index (χ2n) is 3.86. The van der Waals surface area contributed by atoms with Gasteiger partial charge in [0.2, 0.25) is 5.88 Å². The maximum Gasteiger partial charge on any atom is 0.221 e. The van der Waals surface area contributed by atoms with Crippen LogP contribution >= 0.6 is 0 Å². The van der Waals surface area contributed by atoms with Gasteiger partial charge in [-0.15, -0.1) is 6.58 Å². The Morgan fingerprint density at radius 3 is 2.76 bits per heavy atom. The normalized spacial score (nSPS) is 10.1. The van der Waals surface area contributed by atoms with Gasteiger partial charge in [-0.05, 0) is 33.6 Å². The van der Waals surface area contributed by atoms with Crippen LogP contribution in [0.25, 0.3) is 0 Å². The number of aromatic nitrogens is 2. The van der Waals surface area contributed by atoms with E-state index in [4.69, 9.17) is 4.74 Å². The average molecular weight is 235 g/mol. The van der Waals surface area contributed by atoms with Gasteiger partial charge in [-0.2, -0.15) is 4.98 Å². The van der Waals surface area contributed by atoms with Crippen LogP contribution in [-0.2, 0) is 0 Å². The predicted molar refractivity (Wildman–Crippen MR) is 70.6 cm³/mol. The lowest BCUT2D eigenvalue weighted by Crippen LogP contribution is -2.08. The minimum Gasteiger partial charge on any atom is -0.477 e. The zero-order chi connectivity index (χ0) is 12.7. The zero-order valence-electron chi connectivity index (χ0n) is 10.9. The molecule has 0 saturated carbocycles. The molecular formula is C13H21N3O. The molecule has 0 aliphatic carbocycles. The second kappa shape index (κ2) is 6.89. The summed E-state index contributed by atoms with van der Waals surface area (Å²) < 4.78 is 5.67. The molecule has 4 nitrogen and oxygen atoms in total. The fourth-order valence-electron chi connectivity index (χ4n) is 1.48. The molecule has 0 bridgehead atoms. The van der Waals surface area contributed by atoms with E-state index in [1.165, 1.54) is 0 Å². The van der Waals surface area contributed by atoms with Crippen LogP contribution < -0.4 is 10.1 Å². The van der Waals surface area contributed by atoms with Crippen LogP contribution in [0, 0.1) is 13.8 Å². The van der Waals surface area contributed by atoms with Gasteiger partial charge in [0.05, 0.1) is 12.2 Å². The molecule has 1 aromatic heterocycles. The lowest BCUT2D eigenvalue weighted by atomic mass is 10.3. The van der Waals surface area contributed by atoms with E-state index >= 15 is 0 Å². The number of hydrogen-bond acceptors (Lipinski definition) is 4. The van der Waals surface area contributed by atoms with Crippen LogP contribution in [0.2, 0.25) is 0 Å². The zero-order valence-corrected chi connectivity index (χ0v) is 10.9. The van der Waals surface area contributed by atoms with E-state index in [1.54, 1.807) is 0 Å². The van der Waals surface area contributed by atoms with Gasteiger partial charge >= 0.3 is 0 Å². The minimum atomic E-state index is 0.662. The summed E-state index contributed by atoms with van der Waals surface area (Å²) >= 11 is 0. The van der Waals surface area contributed by atoms with E-state index in [1.807, 2.05) is 26.8 Å². The lowest BCUT2D eigenvalue weighted by Gasteiger charge is -2.12. The van der Waals surface area contributed by atoms with Gasteiger partial charge in [0.15, 0.2) is 0 Å². The van der Waals surface area contributed by atoms with E-state index in [-0.39, 0.29) is 0 Å². The molecule has 4 heteroatoms. The Hall–Kier alpha value is -1.58. The summed E-state index contributed by atoms with van der Waals surface area (Å²) in [6.45, 7) is 11.1. The molecule has 1 rings (SSSR count). The Morgan fingerprint density at radius 2 is 2.12 bits per heavy atom. The molecule has 1 aromatic rings. The molecule has 0 atom stereocenters. The van der Waals surface area contributed by atoms with Gasteiger partial charge in [0, 0.05) is 6.54 Å². The van der Waals surface area contributed by atoms with Crippen molar-refractivity contribution in [2.45, 2.75) is 33.6 Å². The van der Waals surface area contributed by atoms with Gasteiger partial charge in [0.1, 0.15) is 11.6 Å². The molecule has 17 heavy (non-hydrogen) atoms. The van der Waals surface area contributed by atoms with Crippen LogP contribution in [0.15, 0.2) is 12.7 Å². The number of hydrogen-bond donors (Lipinski definition) is 1. The van der Waals surface area contributed by atoms with E-state index in [0.29, 0.717) is 12.5 Å². The fraction of sp³-hybridized carbons (Fsp3) is 0.538. The van der Waals surface area contributed by atoms with Gasteiger partial charge < -0.3 is 10.1 Å². The first-order chi connectivity index (χ1) is 8.19. The molecule has 1 heterocycles. The largest absolute Gasteiger partial charge is 0.477 e. The highest BCUT2D eigenvalue weighted by Crippen LogP contribution is 2.21. The van der Waals surface area contributed by atoms with Crippen molar-refractivity contribution >= 4 is 5.82 Å². The number of nitrogens with zero attached hydrogens (tertiary/aromatic N) is 2. The average Bonchev–Trinajstić information content (AvgIpc) is 2.30. The van der Waals surface area contributed by atoms with Crippen LogP contribution in [-0.4, -0.2) is 23.1 Å². The first kappa shape index (κ1) is 13.5. The van der Waals surface area contributed by atoms with Crippen LogP contribution in [0.5, 0.6) is 5.88 Å². The number of nitrogens with one attached hydrogen (secondary N) is 1. The lowest BCUT2D eigenvalue weighted by molar-refractivity contribution is 0.297. The number of unbranched alkanes of at least 4 members (excludes halogenated alkanes) is 1. The Morgan fingerprint density at radius 1 is 1.35 bits per heavy atom. The highest BCUT2D eigenvalue weighted by molar-refractivity contribution is 5.48. The van der Waals surface area contributed by atoms with Crippen LogP contribution in [0.3, 0.4) is 0 Å². The van der Waals surface area contributed by atoms with Crippen molar-refractivity contribution in [1.82, 2.24) is 9.97 Å². The molecule has 0 aliphatic heterocycles. The summed E-state index contributed by atoms with van der Waals surface area (Å²) in [7, 11) is 0. The highest BCUT2D eigenvalue weighted by Gasteiger charge is 2.09. The number of allylic oxidation sites excluding steroid dienone is 1. The van der Waals surface area contributed by atoms with Crippen molar-refractivity contribution in [3.05, 3.63) is 24.0 Å². The van der Waals surface area contributed by atoms with Crippen molar-refractivity contribution in [3.8, 4) is 5.88 Å². The molecule has 0 saturated heterocycles. The predicted octanol–water partition coefficient (Wildman–Crippen LogP) is 2.87. The quantitative estimate of drug-likeness (QED) is 0.583. The van der Waals surface area contributed by atoms with E-state index in [2.05, 4.69) is 21.9 Å². The topological polar surface area (TPSA) is 47.0 Å². The van der Waals surface area contributed by atoms with Crippen LogP contribution in [0.1, 0.15) is 31.2 Å². The number of rotatable bonds is 7. The van der Waals surface area contributed by atoms with Gasteiger partial charge in [-0.25, -0.2) is 4.98 Å². The SMILES string of the molecule is C=CCCCOc1nc(C)nc(NCC)c1C. The first-order valence-electron chi connectivity index (χ1n) is 6.01.